The molecule has 0 bridgehead atoms. The van der Waals surface area contributed by atoms with E-state index < -0.39 is 5.03 Å². The van der Waals surface area contributed by atoms with Gasteiger partial charge in [0.15, 0.2) is 10.1 Å². The Labute approximate surface area is 85.4 Å². The standard InChI is InChI=1S/C8H9N3O2S/c1-14-8-6-7-4-2-3-5-9(7)10(8)11(12)13/h2-4,6H,5H2,1H3. The van der Waals surface area contributed by atoms with Crippen LogP contribution < -0.4 is 0 Å². The van der Waals surface area contributed by atoms with Gasteiger partial charge in [-0.05, 0) is 12.3 Å². The molecule has 0 amide bonds. The first-order valence-electron chi connectivity index (χ1n) is 4.08. The molecule has 0 aromatic carbocycles. The van der Waals surface area contributed by atoms with Gasteiger partial charge in [0.2, 0.25) is 0 Å². The van der Waals surface area contributed by atoms with Crippen molar-refractivity contribution in [1.82, 2.24) is 10.1 Å². The van der Waals surface area contributed by atoms with Crippen molar-refractivity contribution in [3.05, 3.63) is 45.1 Å². The van der Waals surface area contributed by atoms with Gasteiger partial charge in [0, 0.05) is 11.2 Å². The molecule has 0 aliphatic carbocycles. The maximum absolute atomic E-state index is 10.8. The van der Waals surface area contributed by atoms with Crippen molar-refractivity contribution in [2.24, 2.45) is 0 Å². The predicted molar refractivity (Wildman–Crippen MR) is 54.4 cm³/mol. The molecule has 0 aromatic rings. The maximum Gasteiger partial charge on any atom is 0.187 e. The van der Waals surface area contributed by atoms with Gasteiger partial charge in [-0.3, -0.25) is 0 Å². The number of hydrogen-bond donors (Lipinski definition) is 0. The molecule has 14 heavy (non-hydrogen) atoms. The van der Waals surface area contributed by atoms with Gasteiger partial charge < -0.3 is 0 Å². The van der Waals surface area contributed by atoms with Crippen molar-refractivity contribution in [2.45, 2.75) is 0 Å². The summed E-state index contributed by atoms with van der Waals surface area (Å²) in [6.45, 7) is 0.549. The number of thioether (sulfide) groups is 1. The molecule has 0 unspecified atom stereocenters. The normalized spacial score (nSPS) is 19.2. The molecule has 0 spiro atoms. The number of hydrazine groups is 2. The van der Waals surface area contributed by atoms with Crippen LogP contribution in [0.2, 0.25) is 0 Å². The van der Waals surface area contributed by atoms with Crippen LogP contribution in [0.1, 0.15) is 0 Å². The van der Waals surface area contributed by atoms with Gasteiger partial charge >= 0.3 is 0 Å². The fraction of sp³-hybridized carbons (Fsp3) is 0.250. The van der Waals surface area contributed by atoms with E-state index in [2.05, 4.69) is 0 Å². The van der Waals surface area contributed by atoms with Gasteiger partial charge in [0.1, 0.15) is 0 Å². The molecule has 0 saturated heterocycles. The molecule has 5 nitrogen and oxygen atoms in total. The number of fused-ring (bicyclic) bond motifs is 1. The molecule has 2 aliphatic rings. The molecule has 0 fully saturated rings. The largest absolute Gasteiger partial charge is 0.233 e. The summed E-state index contributed by atoms with van der Waals surface area (Å²) >= 11 is 1.37. The van der Waals surface area contributed by atoms with E-state index in [0.29, 0.717) is 11.6 Å². The van der Waals surface area contributed by atoms with Crippen LogP contribution in [0.5, 0.6) is 0 Å². The first-order valence-corrected chi connectivity index (χ1v) is 5.31. The highest BCUT2D eigenvalue weighted by Crippen LogP contribution is 2.32. The van der Waals surface area contributed by atoms with Crippen LogP contribution >= 0.6 is 11.8 Å². The SMILES string of the molecule is CSC1=CC2=CC=CCN2N1[N+](=O)[O-]. The molecule has 2 aliphatic heterocycles. The highest BCUT2D eigenvalue weighted by Gasteiger charge is 2.35. The molecular weight excluding hydrogens is 202 g/mol. The van der Waals surface area contributed by atoms with Gasteiger partial charge in [-0.15, -0.1) is 11.8 Å². The van der Waals surface area contributed by atoms with Crippen molar-refractivity contribution < 1.29 is 5.03 Å². The fourth-order valence-electron chi connectivity index (χ4n) is 1.44. The molecule has 74 valence electrons. The van der Waals surface area contributed by atoms with E-state index in [1.807, 2.05) is 30.6 Å². The summed E-state index contributed by atoms with van der Waals surface area (Å²) in [6.07, 6.45) is 9.30. The minimum atomic E-state index is -0.400. The number of allylic oxidation sites excluding steroid dienone is 3. The third-order valence-electron chi connectivity index (χ3n) is 2.04. The van der Waals surface area contributed by atoms with Gasteiger partial charge in [-0.2, -0.15) is 0 Å². The van der Waals surface area contributed by atoms with Crippen LogP contribution in [0.25, 0.3) is 0 Å². The molecule has 6 heteroatoms. The van der Waals surface area contributed by atoms with Gasteiger partial charge in [0.25, 0.3) is 0 Å². The molecule has 0 radical (unpaired) electrons. The van der Waals surface area contributed by atoms with Crippen LogP contribution in [0.15, 0.2) is 35.0 Å². The van der Waals surface area contributed by atoms with Gasteiger partial charge in [-0.1, -0.05) is 12.2 Å². The Morgan fingerprint density at radius 3 is 3.07 bits per heavy atom. The Morgan fingerprint density at radius 2 is 2.43 bits per heavy atom. The zero-order chi connectivity index (χ0) is 10.1. The van der Waals surface area contributed by atoms with Crippen molar-refractivity contribution >= 4 is 11.8 Å². The van der Waals surface area contributed by atoms with E-state index in [1.165, 1.54) is 11.8 Å². The number of nitrogens with zero attached hydrogens (tertiary/aromatic N) is 3. The molecular formula is C8H9N3O2S. The van der Waals surface area contributed by atoms with Crippen LogP contribution in [-0.2, 0) is 0 Å². The smallest absolute Gasteiger partial charge is 0.187 e. The minimum Gasteiger partial charge on any atom is -0.233 e. The lowest BCUT2D eigenvalue weighted by Crippen LogP contribution is -2.40. The van der Waals surface area contributed by atoms with Crippen molar-refractivity contribution in [3.63, 3.8) is 0 Å². The zero-order valence-corrected chi connectivity index (χ0v) is 8.40. The molecule has 2 heterocycles. The van der Waals surface area contributed by atoms with E-state index >= 15 is 0 Å². The summed E-state index contributed by atoms with van der Waals surface area (Å²) in [5.74, 6) is 0. The van der Waals surface area contributed by atoms with Crippen molar-refractivity contribution in [2.75, 3.05) is 12.8 Å². The Balaban J connectivity index is 2.35. The van der Waals surface area contributed by atoms with E-state index in [-0.39, 0.29) is 0 Å². The average Bonchev–Trinajstić information content (AvgIpc) is 2.55. The highest BCUT2D eigenvalue weighted by atomic mass is 32.2. The topological polar surface area (TPSA) is 49.6 Å². The number of rotatable bonds is 2. The van der Waals surface area contributed by atoms with Crippen LogP contribution in [0, 0.1) is 10.1 Å². The molecule has 0 aromatic heterocycles. The summed E-state index contributed by atoms with van der Waals surface area (Å²) in [6, 6.07) is 0. The quantitative estimate of drug-likeness (QED) is 0.510. The second-order valence-electron chi connectivity index (χ2n) is 2.82. The predicted octanol–water partition coefficient (Wildman–Crippen LogP) is 1.37. The second-order valence-corrected chi connectivity index (χ2v) is 3.64. The lowest BCUT2D eigenvalue weighted by atomic mass is 10.3. The lowest BCUT2D eigenvalue weighted by molar-refractivity contribution is -0.678. The second kappa shape index (κ2) is 3.38. The maximum atomic E-state index is 10.8. The fourth-order valence-corrected chi connectivity index (χ4v) is 2.01. The zero-order valence-electron chi connectivity index (χ0n) is 7.58. The summed E-state index contributed by atoms with van der Waals surface area (Å²) < 4.78 is 0. The molecule has 0 saturated carbocycles. The first-order chi connectivity index (χ1) is 6.74. The monoisotopic (exact) mass is 211 g/mol. The number of hydrogen-bond acceptors (Lipinski definition) is 4. The lowest BCUT2D eigenvalue weighted by Gasteiger charge is -2.24. The molecule has 2 rings (SSSR count). The van der Waals surface area contributed by atoms with E-state index in [1.54, 1.807) is 5.01 Å². The Bertz CT molecular complexity index is 362. The number of nitro groups is 1. The average molecular weight is 211 g/mol. The van der Waals surface area contributed by atoms with E-state index in [9.17, 15) is 10.1 Å². The Hall–Kier alpha value is -1.43. The third-order valence-corrected chi connectivity index (χ3v) is 2.74. The summed E-state index contributed by atoms with van der Waals surface area (Å²) in [5.41, 5.74) is 0.869. The molecule has 0 atom stereocenters. The summed E-state index contributed by atoms with van der Waals surface area (Å²) in [7, 11) is 0. The van der Waals surface area contributed by atoms with Crippen LogP contribution in [-0.4, -0.2) is 28.0 Å². The van der Waals surface area contributed by atoms with Crippen molar-refractivity contribution in [3.8, 4) is 0 Å². The first kappa shape index (κ1) is 9.14. The highest BCUT2D eigenvalue weighted by molar-refractivity contribution is 8.02. The Kier molecular flexibility index (Phi) is 2.20. The summed E-state index contributed by atoms with van der Waals surface area (Å²) in [5, 5.41) is 13.8. The van der Waals surface area contributed by atoms with Crippen LogP contribution in [0.3, 0.4) is 0 Å². The molecule has 0 N–H and O–H groups in total. The minimum absolute atomic E-state index is 0.400. The Morgan fingerprint density at radius 1 is 1.64 bits per heavy atom. The van der Waals surface area contributed by atoms with E-state index in [4.69, 9.17) is 0 Å². The van der Waals surface area contributed by atoms with Gasteiger partial charge in [-0.25, -0.2) is 15.1 Å². The summed E-state index contributed by atoms with van der Waals surface area (Å²) in [4.78, 5) is 10.8. The van der Waals surface area contributed by atoms with Gasteiger partial charge in [0.05, 0.1) is 12.2 Å². The third kappa shape index (κ3) is 1.27. The van der Waals surface area contributed by atoms with Crippen LogP contribution in [0.4, 0.5) is 0 Å². The van der Waals surface area contributed by atoms with Crippen molar-refractivity contribution in [1.29, 1.82) is 0 Å². The van der Waals surface area contributed by atoms with E-state index in [0.717, 1.165) is 10.8 Å².